The SMILES string of the molecule is Cc1ccc(S(=O)(=O)[O-])cc1.Cc1ccc(S(=O)(=O)[O-])cc1.Cc1ccc(S(=O)(=O)[O-])cc1.[Au+3]. The zero-order chi connectivity index (χ0) is 25.4. The van der Waals surface area contributed by atoms with Crippen molar-refractivity contribution in [3.8, 4) is 0 Å². The predicted octanol–water partition coefficient (Wildman–Crippen LogP) is 2.69. The summed E-state index contributed by atoms with van der Waals surface area (Å²) in [5.41, 5.74) is 2.78. The molecule has 0 N–H and O–H groups in total. The van der Waals surface area contributed by atoms with E-state index in [0.29, 0.717) is 0 Å². The Morgan fingerprint density at radius 1 is 0.412 bits per heavy atom. The van der Waals surface area contributed by atoms with Gasteiger partial charge in [-0.05, 0) is 57.2 Å². The summed E-state index contributed by atoms with van der Waals surface area (Å²) in [6, 6.07) is 17.3. The monoisotopic (exact) mass is 710 g/mol. The van der Waals surface area contributed by atoms with Gasteiger partial charge in [-0.1, -0.05) is 53.1 Å². The van der Waals surface area contributed by atoms with E-state index in [-0.39, 0.29) is 37.1 Å². The fourth-order valence-electron chi connectivity index (χ4n) is 2.11. The van der Waals surface area contributed by atoms with Gasteiger partial charge in [0.1, 0.15) is 30.4 Å². The number of hydrogen-bond donors (Lipinski definition) is 0. The van der Waals surface area contributed by atoms with Gasteiger partial charge in [0.2, 0.25) is 0 Å². The first kappa shape index (κ1) is 32.1. The van der Waals surface area contributed by atoms with Crippen molar-refractivity contribution in [1.82, 2.24) is 0 Å². The standard InChI is InChI=1S/3C7H8O3S.Au/c3*1-6-2-4-7(5-3-6)11(8,9)10;/h3*2-5H,1H3,(H,8,9,10);/q;;;+3/p-3. The third kappa shape index (κ3) is 12.0. The predicted molar refractivity (Wildman–Crippen MR) is 117 cm³/mol. The first-order valence-electron chi connectivity index (χ1n) is 9.08. The van der Waals surface area contributed by atoms with Crippen LogP contribution in [0.2, 0.25) is 0 Å². The van der Waals surface area contributed by atoms with Crippen molar-refractivity contribution >= 4 is 30.4 Å². The summed E-state index contributed by atoms with van der Waals surface area (Å²) in [7, 11) is -12.8. The van der Waals surface area contributed by atoms with Gasteiger partial charge in [0.15, 0.2) is 0 Å². The van der Waals surface area contributed by atoms with Gasteiger partial charge in [0.05, 0.1) is 14.7 Å². The van der Waals surface area contributed by atoms with E-state index in [9.17, 15) is 38.9 Å². The van der Waals surface area contributed by atoms with Crippen molar-refractivity contribution in [2.75, 3.05) is 0 Å². The largest absolute Gasteiger partial charge is 3.00 e. The maximum Gasteiger partial charge on any atom is 3.00 e. The molecule has 0 bridgehead atoms. The zero-order valence-corrected chi connectivity index (χ0v) is 22.7. The Kier molecular flexibility index (Phi) is 12.6. The van der Waals surface area contributed by atoms with Gasteiger partial charge in [-0.3, -0.25) is 0 Å². The van der Waals surface area contributed by atoms with Crippen LogP contribution >= 0.6 is 0 Å². The molecule has 0 aliphatic rings. The molecule has 0 aromatic heterocycles. The van der Waals surface area contributed by atoms with Gasteiger partial charge in [-0.25, -0.2) is 25.3 Å². The summed E-state index contributed by atoms with van der Waals surface area (Å²) in [6.07, 6.45) is 0. The van der Waals surface area contributed by atoms with Crippen molar-refractivity contribution in [3.05, 3.63) is 89.5 Å². The van der Waals surface area contributed by atoms with Gasteiger partial charge in [0, 0.05) is 0 Å². The smallest absolute Gasteiger partial charge is 0.744 e. The second-order valence-corrected chi connectivity index (χ2v) is 10.9. The first-order chi connectivity index (χ1) is 15.0. The number of rotatable bonds is 3. The van der Waals surface area contributed by atoms with E-state index in [1.165, 1.54) is 36.4 Å². The fraction of sp³-hybridized carbons (Fsp3) is 0.143. The van der Waals surface area contributed by atoms with Crippen molar-refractivity contribution in [2.24, 2.45) is 0 Å². The van der Waals surface area contributed by atoms with Gasteiger partial charge < -0.3 is 13.7 Å². The van der Waals surface area contributed by atoms with Crippen LogP contribution in [0, 0.1) is 20.8 Å². The van der Waals surface area contributed by atoms with Gasteiger partial charge in [-0.2, -0.15) is 0 Å². The molecule has 0 fully saturated rings. The topological polar surface area (TPSA) is 172 Å². The number of aryl methyl sites for hydroxylation is 3. The van der Waals surface area contributed by atoms with Crippen LogP contribution in [0.3, 0.4) is 0 Å². The Labute approximate surface area is 215 Å². The summed E-state index contributed by atoms with van der Waals surface area (Å²) in [5.74, 6) is 0. The van der Waals surface area contributed by atoms with Crippen LogP contribution in [0.15, 0.2) is 87.5 Å². The molecule has 0 aliphatic carbocycles. The van der Waals surface area contributed by atoms with Crippen LogP contribution in [0.25, 0.3) is 0 Å². The third-order valence-electron chi connectivity index (χ3n) is 3.93. The molecular formula is C21H21AuO9S3. The molecule has 0 aliphatic heterocycles. The Morgan fingerprint density at radius 2 is 0.559 bits per heavy atom. The van der Waals surface area contributed by atoms with E-state index >= 15 is 0 Å². The van der Waals surface area contributed by atoms with E-state index < -0.39 is 30.4 Å². The molecule has 0 amide bonds. The van der Waals surface area contributed by atoms with E-state index in [4.69, 9.17) is 0 Å². The van der Waals surface area contributed by atoms with E-state index in [2.05, 4.69) is 0 Å². The minimum absolute atomic E-state index is 0. The van der Waals surface area contributed by atoms with Crippen molar-refractivity contribution in [3.63, 3.8) is 0 Å². The molecule has 9 nitrogen and oxygen atoms in total. The molecular weight excluding hydrogens is 689 g/mol. The second-order valence-electron chi connectivity index (χ2n) is 6.80. The Morgan fingerprint density at radius 3 is 0.676 bits per heavy atom. The van der Waals surface area contributed by atoms with Gasteiger partial charge in [-0.15, -0.1) is 0 Å². The molecule has 3 aromatic carbocycles. The minimum Gasteiger partial charge on any atom is -0.744 e. The van der Waals surface area contributed by atoms with Crippen LogP contribution in [0.4, 0.5) is 0 Å². The third-order valence-corrected chi connectivity index (χ3v) is 6.48. The van der Waals surface area contributed by atoms with E-state index in [0.717, 1.165) is 16.7 Å². The quantitative estimate of drug-likeness (QED) is 0.293. The Hall–Kier alpha value is -1.87. The first-order valence-corrected chi connectivity index (χ1v) is 13.3. The maximum atomic E-state index is 10.4. The van der Waals surface area contributed by atoms with E-state index in [1.54, 1.807) is 36.4 Å². The summed E-state index contributed by atoms with van der Waals surface area (Å²) in [6.45, 7) is 5.46. The molecule has 3 rings (SSSR count). The van der Waals surface area contributed by atoms with Crippen LogP contribution in [0.5, 0.6) is 0 Å². The second kappa shape index (κ2) is 13.3. The minimum atomic E-state index is -4.27. The van der Waals surface area contributed by atoms with Crippen molar-refractivity contribution < 1.29 is 61.3 Å². The van der Waals surface area contributed by atoms with Crippen LogP contribution in [-0.2, 0) is 52.7 Å². The van der Waals surface area contributed by atoms with Gasteiger partial charge in [0.25, 0.3) is 0 Å². The molecule has 0 heterocycles. The number of benzene rings is 3. The van der Waals surface area contributed by atoms with Crippen LogP contribution in [0.1, 0.15) is 16.7 Å². The summed E-state index contributed by atoms with van der Waals surface area (Å²) in [4.78, 5) is -0.533. The van der Waals surface area contributed by atoms with Crippen molar-refractivity contribution in [2.45, 2.75) is 35.5 Å². The Balaban J connectivity index is 0.000000473. The van der Waals surface area contributed by atoms with E-state index in [1.807, 2.05) is 20.8 Å². The molecule has 13 heteroatoms. The molecule has 0 radical (unpaired) electrons. The molecule has 0 unspecified atom stereocenters. The molecule has 0 saturated heterocycles. The maximum absolute atomic E-state index is 10.4. The summed E-state index contributed by atoms with van der Waals surface area (Å²) >= 11 is 0. The van der Waals surface area contributed by atoms with Gasteiger partial charge >= 0.3 is 22.4 Å². The average molecular weight is 711 g/mol. The molecule has 188 valence electrons. The fourth-order valence-corrected chi connectivity index (χ4v) is 3.52. The molecule has 0 saturated carbocycles. The Bertz CT molecular complexity index is 1190. The molecule has 34 heavy (non-hydrogen) atoms. The normalized spacial score (nSPS) is 11.1. The van der Waals surface area contributed by atoms with Crippen molar-refractivity contribution in [1.29, 1.82) is 0 Å². The molecule has 0 atom stereocenters. The molecule has 3 aromatic rings. The molecule has 0 spiro atoms. The summed E-state index contributed by atoms with van der Waals surface area (Å²) < 4.78 is 93.5. The number of hydrogen-bond acceptors (Lipinski definition) is 9. The summed E-state index contributed by atoms with van der Waals surface area (Å²) in [5, 5.41) is 0. The van der Waals surface area contributed by atoms with Crippen LogP contribution in [-0.4, -0.2) is 38.9 Å². The average Bonchev–Trinajstić information content (AvgIpc) is 2.68. The zero-order valence-electron chi connectivity index (χ0n) is 18.1. The van der Waals surface area contributed by atoms with Crippen LogP contribution < -0.4 is 0 Å².